The Hall–Kier alpha value is -1.01. The van der Waals surface area contributed by atoms with Crippen molar-refractivity contribution < 1.29 is 4.79 Å². The zero-order valence-corrected chi connectivity index (χ0v) is 11.0. The van der Waals surface area contributed by atoms with Gasteiger partial charge < -0.3 is 10.6 Å². The largest absolute Gasteiger partial charge is 0.330 e. The highest BCUT2D eigenvalue weighted by Gasteiger charge is 2.27. The number of carbonyl (C=O) groups excluding carboxylic acids is 1. The smallest absolute Gasteiger partial charge is 0.240 e. The fourth-order valence-corrected chi connectivity index (χ4v) is 1.62. The molecule has 0 heterocycles. The summed E-state index contributed by atoms with van der Waals surface area (Å²) in [5.74, 6) is 3.00. The molecule has 0 aliphatic rings. The summed E-state index contributed by atoms with van der Waals surface area (Å²) in [5.41, 5.74) is 5.91. The molecule has 0 aromatic heterocycles. The third kappa shape index (κ3) is 3.53. The van der Waals surface area contributed by atoms with E-state index in [9.17, 15) is 4.79 Å². The van der Waals surface area contributed by atoms with Crippen molar-refractivity contribution in [3.63, 3.8) is 0 Å². The zero-order chi connectivity index (χ0) is 12.9. The van der Waals surface area contributed by atoms with E-state index < -0.39 is 6.04 Å². The molecule has 0 bridgehead atoms. The van der Waals surface area contributed by atoms with Crippen molar-refractivity contribution in [2.75, 3.05) is 7.05 Å². The SMILES string of the molecule is C#C[C@H](C(C)C)N(C)C(=O)[C@@H](N)[C@@H](C)CC. The molecule has 0 aliphatic heterocycles. The van der Waals surface area contributed by atoms with Crippen LogP contribution in [0.3, 0.4) is 0 Å². The Morgan fingerprint density at radius 3 is 2.25 bits per heavy atom. The van der Waals surface area contributed by atoms with Crippen molar-refractivity contribution in [2.45, 2.75) is 46.2 Å². The minimum absolute atomic E-state index is 0.0639. The van der Waals surface area contributed by atoms with Crippen LogP contribution in [-0.4, -0.2) is 29.9 Å². The summed E-state index contributed by atoms with van der Waals surface area (Å²) in [5, 5.41) is 0. The van der Waals surface area contributed by atoms with E-state index in [4.69, 9.17) is 12.2 Å². The molecule has 0 saturated heterocycles. The first-order valence-corrected chi connectivity index (χ1v) is 5.85. The summed E-state index contributed by atoms with van der Waals surface area (Å²) < 4.78 is 0. The molecule has 0 fully saturated rings. The summed E-state index contributed by atoms with van der Waals surface area (Å²) in [6, 6.07) is -0.632. The Bertz CT molecular complexity index is 268. The number of nitrogens with two attached hydrogens (primary N) is 1. The average Bonchev–Trinajstić information content (AvgIpc) is 2.26. The van der Waals surface area contributed by atoms with E-state index in [1.165, 1.54) is 0 Å². The first kappa shape index (κ1) is 15.0. The number of terminal acetylenes is 1. The van der Waals surface area contributed by atoms with Gasteiger partial charge in [-0.2, -0.15) is 0 Å². The lowest BCUT2D eigenvalue weighted by Gasteiger charge is -2.30. The first-order chi connectivity index (χ1) is 7.36. The monoisotopic (exact) mass is 224 g/mol. The summed E-state index contributed by atoms with van der Waals surface area (Å²) in [6.07, 6.45) is 6.33. The minimum Gasteiger partial charge on any atom is -0.330 e. The molecular weight excluding hydrogens is 200 g/mol. The number of hydrogen-bond acceptors (Lipinski definition) is 2. The second kappa shape index (κ2) is 6.55. The van der Waals surface area contributed by atoms with Gasteiger partial charge in [0.1, 0.15) is 0 Å². The molecule has 0 aromatic rings. The standard InChI is InChI=1S/C13H24N2O/c1-7-10(5)12(14)13(16)15(6)11(8-2)9(3)4/h2,9-12H,7,14H2,1,3-6H3/t10-,11+,12-/m0/s1. The van der Waals surface area contributed by atoms with Gasteiger partial charge in [0.15, 0.2) is 0 Å². The number of amides is 1. The van der Waals surface area contributed by atoms with Crippen molar-refractivity contribution in [1.82, 2.24) is 4.90 Å². The van der Waals surface area contributed by atoms with Crippen LogP contribution in [0.25, 0.3) is 0 Å². The van der Waals surface area contributed by atoms with E-state index in [0.717, 1.165) is 6.42 Å². The van der Waals surface area contributed by atoms with E-state index >= 15 is 0 Å². The quantitative estimate of drug-likeness (QED) is 0.719. The Morgan fingerprint density at radius 1 is 1.44 bits per heavy atom. The molecule has 3 nitrogen and oxygen atoms in total. The van der Waals surface area contributed by atoms with Gasteiger partial charge in [-0.15, -0.1) is 6.42 Å². The predicted molar refractivity (Wildman–Crippen MR) is 67.7 cm³/mol. The van der Waals surface area contributed by atoms with Gasteiger partial charge in [-0.25, -0.2) is 0 Å². The van der Waals surface area contributed by atoms with Gasteiger partial charge in [0.25, 0.3) is 0 Å². The Balaban J connectivity index is 4.67. The molecule has 16 heavy (non-hydrogen) atoms. The van der Waals surface area contributed by atoms with E-state index in [-0.39, 0.29) is 23.8 Å². The molecule has 92 valence electrons. The van der Waals surface area contributed by atoms with Crippen LogP contribution in [0, 0.1) is 24.2 Å². The molecule has 0 aromatic carbocycles. The fourth-order valence-electron chi connectivity index (χ4n) is 1.62. The molecule has 0 unspecified atom stereocenters. The lowest BCUT2D eigenvalue weighted by atomic mass is 9.97. The van der Waals surface area contributed by atoms with Crippen LogP contribution < -0.4 is 5.73 Å². The van der Waals surface area contributed by atoms with E-state index in [1.807, 2.05) is 27.7 Å². The Kier molecular flexibility index (Phi) is 6.13. The highest BCUT2D eigenvalue weighted by Crippen LogP contribution is 2.13. The minimum atomic E-state index is -0.454. The lowest BCUT2D eigenvalue weighted by Crippen LogP contribution is -2.50. The number of nitrogens with zero attached hydrogens (tertiary/aromatic N) is 1. The van der Waals surface area contributed by atoms with Crippen LogP contribution in [0.4, 0.5) is 0 Å². The predicted octanol–water partition coefficient (Wildman–Crippen LogP) is 1.48. The summed E-state index contributed by atoms with van der Waals surface area (Å²) >= 11 is 0. The third-order valence-corrected chi connectivity index (χ3v) is 3.11. The van der Waals surface area contributed by atoms with Gasteiger partial charge in [0.05, 0.1) is 12.1 Å². The van der Waals surface area contributed by atoms with Gasteiger partial charge in [0.2, 0.25) is 5.91 Å². The number of rotatable bonds is 5. The van der Waals surface area contributed by atoms with Crippen LogP contribution in [0.2, 0.25) is 0 Å². The van der Waals surface area contributed by atoms with Gasteiger partial charge >= 0.3 is 0 Å². The van der Waals surface area contributed by atoms with Crippen molar-refractivity contribution in [1.29, 1.82) is 0 Å². The van der Waals surface area contributed by atoms with Crippen LogP contribution in [0.5, 0.6) is 0 Å². The van der Waals surface area contributed by atoms with E-state index in [1.54, 1.807) is 11.9 Å². The molecule has 0 rings (SSSR count). The topological polar surface area (TPSA) is 46.3 Å². The second-order valence-electron chi connectivity index (χ2n) is 4.72. The van der Waals surface area contributed by atoms with E-state index in [2.05, 4.69) is 5.92 Å². The van der Waals surface area contributed by atoms with Gasteiger partial charge in [-0.3, -0.25) is 4.79 Å². The van der Waals surface area contributed by atoms with Crippen molar-refractivity contribution in [2.24, 2.45) is 17.6 Å². The molecule has 0 radical (unpaired) electrons. The van der Waals surface area contributed by atoms with Crippen molar-refractivity contribution in [3.05, 3.63) is 0 Å². The summed E-state index contributed by atoms with van der Waals surface area (Å²) in [4.78, 5) is 13.7. The summed E-state index contributed by atoms with van der Waals surface area (Å²) in [6.45, 7) is 8.02. The van der Waals surface area contributed by atoms with Crippen LogP contribution >= 0.6 is 0 Å². The maximum absolute atomic E-state index is 12.1. The Morgan fingerprint density at radius 2 is 1.94 bits per heavy atom. The lowest BCUT2D eigenvalue weighted by molar-refractivity contribution is -0.134. The first-order valence-electron chi connectivity index (χ1n) is 5.85. The number of hydrogen-bond donors (Lipinski definition) is 1. The van der Waals surface area contributed by atoms with Crippen LogP contribution in [0.15, 0.2) is 0 Å². The molecular formula is C13H24N2O. The van der Waals surface area contributed by atoms with Crippen LogP contribution in [0.1, 0.15) is 34.1 Å². The van der Waals surface area contributed by atoms with Gasteiger partial charge in [-0.1, -0.05) is 40.0 Å². The number of likely N-dealkylation sites (N-methyl/N-ethyl adjacent to an activating group) is 1. The van der Waals surface area contributed by atoms with Crippen molar-refractivity contribution >= 4 is 5.91 Å². The normalized spacial score (nSPS) is 16.4. The number of carbonyl (C=O) groups is 1. The third-order valence-electron chi connectivity index (χ3n) is 3.11. The highest BCUT2D eigenvalue weighted by molar-refractivity contribution is 5.82. The van der Waals surface area contributed by atoms with Gasteiger partial charge in [-0.05, 0) is 11.8 Å². The molecule has 2 N–H and O–H groups in total. The second-order valence-corrected chi connectivity index (χ2v) is 4.72. The Labute approximate surface area is 99.4 Å². The van der Waals surface area contributed by atoms with Crippen LogP contribution in [-0.2, 0) is 4.79 Å². The molecule has 0 saturated carbocycles. The average molecular weight is 224 g/mol. The molecule has 0 aliphatic carbocycles. The molecule has 3 heteroatoms. The van der Waals surface area contributed by atoms with Gasteiger partial charge in [0, 0.05) is 7.05 Å². The highest BCUT2D eigenvalue weighted by atomic mass is 16.2. The van der Waals surface area contributed by atoms with E-state index in [0.29, 0.717) is 0 Å². The fraction of sp³-hybridized carbons (Fsp3) is 0.769. The molecule has 3 atom stereocenters. The maximum Gasteiger partial charge on any atom is 0.240 e. The molecule has 0 spiro atoms. The zero-order valence-electron chi connectivity index (χ0n) is 11.0. The maximum atomic E-state index is 12.1. The summed E-state index contributed by atoms with van der Waals surface area (Å²) in [7, 11) is 1.73. The van der Waals surface area contributed by atoms with Crippen molar-refractivity contribution in [3.8, 4) is 12.3 Å². The molecule has 1 amide bonds.